The van der Waals surface area contributed by atoms with Crippen LogP contribution in [0.25, 0.3) is 0 Å². The summed E-state index contributed by atoms with van der Waals surface area (Å²) in [6.07, 6.45) is 7.07. The van der Waals surface area contributed by atoms with Crippen LogP contribution < -0.4 is 4.90 Å². The Balaban J connectivity index is 1.88. The monoisotopic (exact) mass is 247 g/mol. The third-order valence-corrected chi connectivity index (χ3v) is 3.65. The molecule has 96 valence electrons. The molecule has 1 aromatic rings. The quantitative estimate of drug-likeness (QED) is 0.848. The first-order valence-corrected chi connectivity index (χ1v) is 6.53. The third kappa shape index (κ3) is 2.30. The molecule has 1 N–H and O–H groups in total. The Morgan fingerprint density at radius 3 is 2.94 bits per heavy atom. The van der Waals surface area contributed by atoms with Crippen molar-refractivity contribution in [2.75, 3.05) is 18.0 Å². The second-order valence-electron chi connectivity index (χ2n) is 5.19. The molecule has 3 rings (SSSR count). The molecule has 0 aromatic carbocycles. The van der Waals surface area contributed by atoms with Crippen molar-refractivity contribution in [2.45, 2.75) is 32.1 Å². The van der Waals surface area contributed by atoms with Gasteiger partial charge in [0, 0.05) is 17.8 Å². The number of hydrogen-bond donors (Lipinski definition) is 1. The molecule has 1 fully saturated rings. The Labute approximate surface area is 106 Å². The predicted octanol–water partition coefficient (Wildman–Crippen LogP) is 1.27. The van der Waals surface area contributed by atoms with Gasteiger partial charge < -0.3 is 10.0 Å². The minimum Gasteiger partial charge on any atom is -0.480 e. The van der Waals surface area contributed by atoms with E-state index >= 15 is 0 Å². The molecule has 0 spiro atoms. The van der Waals surface area contributed by atoms with Crippen LogP contribution in [0, 0.1) is 5.92 Å². The van der Waals surface area contributed by atoms with E-state index in [0.717, 1.165) is 37.3 Å². The maximum atomic E-state index is 11.0. The lowest BCUT2D eigenvalue weighted by Crippen LogP contribution is -2.33. The van der Waals surface area contributed by atoms with Crippen LogP contribution in [0.1, 0.15) is 30.5 Å². The summed E-state index contributed by atoms with van der Waals surface area (Å²) in [6, 6.07) is 0. The molecular formula is C13H17N3O2. The van der Waals surface area contributed by atoms with Crippen molar-refractivity contribution in [3.05, 3.63) is 17.6 Å². The molecule has 1 saturated carbocycles. The number of rotatable bonds is 5. The third-order valence-electron chi connectivity index (χ3n) is 3.65. The Morgan fingerprint density at radius 2 is 2.22 bits per heavy atom. The highest BCUT2D eigenvalue weighted by molar-refractivity contribution is 5.73. The van der Waals surface area contributed by atoms with Gasteiger partial charge >= 0.3 is 5.97 Å². The molecule has 0 amide bonds. The molecule has 1 aromatic heterocycles. The topological polar surface area (TPSA) is 66.3 Å². The Kier molecular flexibility index (Phi) is 2.89. The van der Waals surface area contributed by atoms with Gasteiger partial charge in [0.15, 0.2) is 0 Å². The number of hydrogen-bond acceptors (Lipinski definition) is 4. The average molecular weight is 247 g/mol. The lowest BCUT2D eigenvalue weighted by molar-refractivity contribution is -0.135. The summed E-state index contributed by atoms with van der Waals surface area (Å²) >= 11 is 0. The molecule has 2 aliphatic carbocycles. The van der Waals surface area contributed by atoms with Crippen LogP contribution in [0.4, 0.5) is 5.82 Å². The van der Waals surface area contributed by atoms with Crippen LogP contribution in [0.15, 0.2) is 6.33 Å². The number of carbonyl (C=O) groups is 1. The smallest absolute Gasteiger partial charge is 0.323 e. The highest BCUT2D eigenvalue weighted by atomic mass is 16.4. The molecule has 5 heteroatoms. The number of carboxylic acids is 1. The fourth-order valence-electron chi connectivity index (χ4n) is 2.62. The summed E-state index contributed by atoms with van der Waals surface area (Å²) in [5.41, 5.74) is 2.27. The number of aromatic nitrogens is 2. The summed E-state index contributed by atoms with van der Waals surface area (Å²) in [7, 11) is 0. The molecule has 0 unspecified atom stereocenters. The number of nitrogens with zero attached hydrogens (tertiary/aromatic N) is 3. The lowest BCUT2D eigenvalue weighted by Gasteiger charge is -2.23. The maximum Gasteiger partial charge on any atom is 0.323 e. The first-order valence-electron chi connectivity index (χ1n) is 6.53. The minimum atomic E-state index is -0.791. The number of fused-ring (bicyclic) bond motifs is 1. The first kappa shape index (κ1) is 11.4. The highest BCUT2D eigenvalue weighted by Crippen LogP contribution is 2.33. The van der Waals surface area contributed by atoms with E-state index in [4.69, 9.17) is 5.11 Å². The van der Waals surface area contributed by atoms with Gasteiger partial charge in [0.05, 0.1) is 0 Å². The maximum absolute atomic E-state index is 11.0. The van der Waals surface area contributed by atoms with Crippen molar-refractivity contribution in [2.24, 2.45) is 5.92 Å². The zero-order valence-electron chi connectivity index (χ0n) is 10.3. The average Bonchev–Trinajstić information content (AvgIpc) is 3.02. The van der Waals surface area contributed by atoms with Gasteiger partial charge in [-0.25, -0.2) is 9.97 Å². The molecule has 0 bridgehead atoms. The summed E-state index contributed by atoms with van der Waals surface area (Å²) < 4.78 is 0. The lowest BCUT2D eigenvalue weighted by atomic mass is 10.2. The van der Waals surface area contributed by atoms with Gasteiger partial charge in [0.25, 0.3) is 0 Å². The minimum absolute atomic E-state index is 0.0416. The van der Waals surface area contributed by atoms with Crippen molar-refractivity contribution in [3.63, 3.8) is 0 Å². The zero-order chi connectivity index (χ0) is 12.5. The molecule has 18 heavy (non-hydrogen) atoms. The molecule has 2 aliphatic rings. The molecule has 0 saturated heterocycles. The first-order chi connectivity index (χ1) is 8.74. The van der Waals surface area contributed by atoms with Crippen molar-refractivity contribution in [3.8, 4) is 0 Å². The van der Waals surface area contributed by atoms with Crippen LogP contribution in [0.5, 0.6) is 0 Å². The fraction of sp³-hybridized carbons (Fsp3) is 0.615. The summed E-state index contributed by atoms with van der Waals surface area (Å²) in [4.78, 5) is 21.5. The van der Waals surface area contributed by atoms with Crippen LogP contribution in [0.2, 0.25) is 0 Å². The normalized spacial score (nSPS) is 17.6. The Hall–Kier alpha value is -1.65. The fourth-order valence-corrected chi connectivity index (χ4v) is 2.62. The van der Waals surface area contributed by atoms with Gasteiger partial charge in [-0.2, -0.15) is 0 Å². The molecular weight excluding hydrogens is 230 g/mol. The largest absolute Gasteiger partial charge is 0.480 e. The van der Waals surface area contributed by atoms with Gasteiger partial charge in [-0.1, -0.05) is 0 Å². The van der Waals surface area contributed by atoms with Crippen LogP contribution in [-0.2, 0) is 17.6 Å². The number of anilines is 1. The Bertz CT molecular complexity index is 471. The number of carboxylic acid groups (broad SMARTS) is 1. The SMILES string of the molecule is O=C(O)CN(CC1CC1)c1ncnc2c1CCC2. The van der Waals surface area contributed by atoms with Crippen LogP contribution >= 0.6 is 0 Å². The second-order valence-corrected chi connectivity index (χ2v) is 5.19. The standard InChI is InChI=1S/C13H17N3O2/c17-12(18)7-16(6-9-4-5-9)13-10-2-1-3-11(10)14-8-15-13/h8-9H,1-7H2,(H,17,18). The van der Waals surface area contributed by atoms with E-state index in [1.165, 1.54) is 18.4 Å². The molecule has 0 radical (unpaired) electrons. The van der Waals surface area contributed by atoms with E-state index in [0.29, 0.717) is 5.92 Å². The van der Waals surface area contributed by atoms with Gasteiger partial charge in [-0.3, -0.25) is 4.79 Å². The van der Waals surface area contributed by atoms with E-state index in [1.54, 1.807) is 6.33 Å². The number of aliphatic carboxylic acids is 1. The van der Waals surface area contributed by atoms with Gasteiger partial charge in [0.2, 0.25) is 0 Å². The molecule has 1 heterocycles. The van der Waals surface area contributed by atoms with Gasteiger partial charge in [0.1, 0.15) is 18.7 Å². The van der Waals surface area contributed by atoms with Crippen molar-refractivity contribution < 1.29 is 9.90 Å². The van der Waals surface area contributed by atoms with Crippen LogP contribution in [-0.4, -0.2) is 34.1 Å². The van der Waals surface area contributed by atoms with E-state index in [2.05, 4.69) is 9.97 Å². The highest BCUT2D eigenvalue weighted by Gasteiger charge is 2.28. The van der Waals surface area contributed by atoms with E-state index in [9.17, 15) is 4.79 Å². The predicted molar refractivity (Wildman–Crippen MR) is 66.6 cm³/mol. The zero-order valence-corrected chi connectivity index (χ0v) is 10.3. The van der Waals surface area contributed by atoms with Gasteiger partial charge in [-0.15, -0.1) is 0 Å². The number of aryl methyl sites for hydroxylation is 1. The van der Waals surface area contributed by atoms with E-state index < -0.39 is 5.97 Å². The van der Waals surface area contributed by atoms with Crippen molar-refractivity contribution >= 4 is 11.8 Å². The van der Waals surface area contributed by atoms with Crippen molar-refractivity contribution in [1.82, 2.24) is 9.97 Å². The molecule has 5 nitrogen and oxygen atoms in total. The van der Waals surface area contributed by atoms with Crippen molar-refractivity contribution in [1.29, 1.82) is 0 Å². The van der Waals surface area contributed by atoms with Gasteiger partial charge in [-0.05, 0) is 38.0 Å². The molecule has 0 aliphatic heterocycles. The van der Waals surface area contributed by atoms with E-state index in [-0.39, 0.29) is 6.54 Å². The second kappa shape index (κ2) is 4.55. The Morgan fingerprint density at radius 1 is 1.39 bits per heavy atom. The summed E-state index contributed by atoms with van der Waals surface area (Å²) in [5.74, 6) is 0.712. The van der Waals surface area contributed by atoms with E-state index in [1.807, 2.05) is 4.90 Å². The van der Waals surface area contributed by atoms with Crippen LogP contribution in [0.3, 0.4) is 0 Å². The molecule has 0 atom stereocenters. The summed E-state index contributed by atoms with van der Waals surface area (Å²) in [5, 5.41) is 9.04. The summed E-state index contributed by atoms with van der Waals surface area (Å²) in [6.45, 7) is 0.857.